The van der Waals surface area contributed by atoms with Gasteiger partial charge in [0.05, 0.1) is 4.90 Å². The number of piperidine rings is 1. The van der Waals surface area contributed by atoms with Crippen molar-refractivity contribution >= 4 is 41.6 Å². The van der Waals surface area contributed by atoms with E-state index in [4.69, 9.17) is 10.7 Å². The van der Waals surface area contributed by atoms with Crippen LogP contribution in [0.1, 0.15) is 37.0 Å². The molecule has 0 bridgehead atoms. The maximum atomic E-state index is 12.7. The number of hydrogen-bond acceptors (Lipinski definition) is 3. The molecule has 0 N–H and O–H groups in total. The van der Waals surface area contributed by atoms with Crippen LogP contribution >= 0.6 is 26.6 Å². The van der Waals surface area contributed by atoms with Crippen LogP contribution < -0.4 is 0 Å². The topological polar surface area (TPSA) is 54.5 Å². The summed E-state index contributed by atoms with van der Waals surface area (Å²) in [7, 11) is 1.51. The summed E-state index contributed by atoms with van der Waals surface area (Å²) < 4.78 is 23.5. The number of amides is 1. The highest BCUT2D eigenvalue weighted by Crippen LogP contribution is 2.27. The van der Waals surface area contributed by atoms with Crippen LogP contribution in [0.25, 0.3) is 0 Å². The molecule has 1 heterocycles. The first-order valence-electron chi connectivity index (χ1n) is 6.74. The summed E-state index contributed by atoms with van der Waals surface area (Å²) in [5.41, 5.74) is 0.338. The third kappa shape index (κ3) is 3.99. The van der Waals surface area contributed by atoms with Crippen molar-refractivity contribution in [3.63, 3.8) is 0 Å². The number of hydrogen-bond donors (Lipinski definition) is 0. The van der Waals surface area contributed by atoms with E-state index in [0.717, 1.165) is 12.8 Å². The molecule has 1 aliphatic heterocycles. The largest absolute Gasteiger partial charge is 0.336 e. The number of carbonyl (C=O) groups excluding carboxylic acids is 1. The van der Waals surface area contributed by atoms with Gasteiger partial charge in [0, 0.05) is 33.3 Å². The normalized spacial score (nSPS) is 23.1. The molecule has 0 spiro atoms. The van der Waals surface area contributed by atoms with Crippen molar-refractivity contribution in [3.05, 3.63) is 28.2 Å². The van der Waals surface area contributed by atoms with Crippen molar-refractivity contribution < 1.29 is 13.2 Å². The number of benzene rings is 1. The van der Waals surface area contributed by atoms with E-state index in [1.807, 2.05) is 6.92 Å². The van der Waals surface area contributed by atoms with Gasteiger partial charge in [-0.1, -0.05) is 22.9 Å². The van der Waals surface area contributed by atoms with Crippen molar-refractivity contribution in [2.75, 3.05) is 6.54 Å². The van der Waals surface area contributed by atoms with Crippen LogP contribution in [0.5, 0.6) is 0 Å². The molecular formula is C14H17BrClNO3S. The maximum Gasteiger partial charge on any atom is 0.261 e. The highest BCUT2D eigenvalue weighted by atomic mass is 79.9. The van der Waals surface area contributed by atoms with Crippen molar-refractivity contribution in [3.8, 4) is 0 Å². The quantitative estimate of drug-likeness (QED) is 0.720. The molecule has 2 rings (SSSR count). The van der Waals surface area contributed by atoms with E-state index in [-0.39, 0.29) is 16.8 Å². The maximum absolute atomic E-state index is 12.7. The van der Waals surface area contributed by atoms with Gasteiger partial charge in [-0.25, -0.2) is 8.42 Å². The standard InChI is InChI=1S/C14H17BrClNO3S/c1-9-3-4-10(2)17(8-9)14(18)11-5-12(15)7-13(6-11)21(16,19)20/h5-7,9-10H,3-4,8H2,1-2H3. The smallest absolute Gasteiger partial charge is 0.261 e. The van der Waals surface area contributed by atoms with Gasteiger partial charge in [0.15, 0.2) is 0 Å². The van der Waals surface area contributed by atoms with Gasteiger partial charge >= 0.3 is 0 Å². The van der Waals surface area contributed by atoms with E-state index in [1.54, 1.807) is 11.0 Å². The second-order valence-electron chi connectivity index (χ2n) is 5.60. The zero-order chi connectivity index (χ0) is 15.8. The summed E-state index contributed by atoms with van der Waals surface area (Å²) >= 11 is 3.23. The third-order valence-corrected chi connectivity index (χ3v) is 5.57. The average Bonchev–Trinajstić information content (AvgIpc) is 2.39. The molecule has 1 amide bonds. The van der Waals surface area contributed by atoms with E-state index in [0.29, 0.717) is 22.5 Å². The van der Waals surface area contributed by atoms with Crippen LogP contribution in [0.2, 0.25) is 0 Å². The second-order valence-corrected chi connectivity index (χ2v) is 9.08. The van der Waals surface area contributed by atoms with E-state index in [1.165, 1.54) is 12.1 Å². The molecule has 1 aromatic rings. The molecule has 0 saturated carbocycles. The molecule has 21 heavy (non-hydrogen) atoms. The molecule has 1 aromatic carbocycles. The fourth-order valence-electron chi connectivity index (χ4n) is 2.56. The molecular weight excluding hydrogens is 378 g/mol. The summed E-state index contributed by atoms with van der Waals surface area (Å²) in [5.74, 6) is 0.297. The van der Waals surface area contributed by atoms with Gasteiger partial charge in [-0.15, -0.1) is 0 Å². The van der Waals surface area contributed by atoms with E-state index < -0.39 is 9.05 Å². The van der Waals surface area contributed by atoms with E-state index in [2.05, 4.69) is 22.9 Å². The first-order chi connectivity index (χ1) is 9.68. The number of halogens is 2. The van der Waals surface area contributed by atoms with Gasteiger partial charge in [-0.2, -0.15) is 0 Å². The average molecular weight is 395 g/mol. The van der Waals surface area contributed by atoms with Crippen molar-refractivity contribution in [1.29, 1.82) is 0 Å². The molecule has 1 fully saturated rings. The number of rotatable bonds is 2. The van der Waals surface area contributed by atoms with Gasteiger partial charge in [0.2, 0.25) is 0 Å². The summed E-state index contributed by atoms with van der Waals surface area (Å²) in [6, 6.07) is 4.51. The molecule has 4 nitrogen and oxygen atoms in total. The lowest BCUT2D eigenvalue weighted by molar-refractivity contribution is 0.0573. The van der Waals surface area contributed by atoms with Crippen LogP contribution in [0.3, 0.4) is 0 Å². The second kappa shape index (κ2) is 6.26. The summed E-state index contributed by atoms with van der Waals surface area (Å²) in [6.45, 7) is 4.82. The minimum atomic E-state index is -3.86. The molecule has 0 aromatic heterocycles. The predicted octanol–water partition coefficient (Wildman–Crippen LogP) is 3.64. The van der Waals surface area contributed by atoms with Crippen LogP contribution in [0.4, 0.5) is 0 Å². The Bertz CT molecular complexity index is 662. The van der Waals surface area contributed by atoms with Crippen molar-refractivity contribution in [1.82, 2.24) is 4.90 Å². The van der Waals surface area contributed by atoms with Crippen LogP contribution in [-0.2, 0) is 9.05 Å². The molecule has 116 valence electrons. The minimum absolute atomic E-state index is 0.0698. The van der Waals surface area contributed by atoms with Crippen LogP contribution in [0.15, 0.2) is 27.6 Å². The molecule has 2 atom stereocenters. The summed E-state index contributed by atoms with van der Waals surface area (Å²) in [4.78, 5) is 14.4. The summed E-state index contributed by atoms with van der Waals surface area (Å²) in [5, 5.41) is 0. The van der Waals surface area contributed by atoms with E-state index >= 15 is 0 Å². The third-order valence-electron chi connectivity index (χ3n) is 3.78. The van der Waals surface area contributed by atoms with Crippen molar-refractivity contribution in [2.24, 2.45) is 5.92 Å². The highest BCUT2D eigenvalue weighted by Gasteiger charge is 2.28. The Morgan fingerprint density at radius 1 is 1.29 bits per heavy atom. The molecule has 0 aliphatic carbocycles. The molecule has 1 aliphatic rings. The fraction of sp³-hybridized carbons (Fsp3) is 0.500. The Morgan fingerprint density at radius 2 is 1.95 bits per heavy atom. The first-order valence-corrected chi connectivity index (χ1v) is 9.85. The summed E-state index contributed by atoms with van der Waals surface area (Å²) in [6.07, 6.45) is 2.06. The lowest BCUT2D eigenvalue weighted by atomic mass is 9.94. The predicted molar refractivity (Wildman–Crippen MR) is 86.1 cm³/mol. The monoisotopic (exact) mass is 393 g/mol. The fourth-order valence-corrected chi connectivity index (χ4v) is 4.01. The SMILES string of the molecule is CC1CCC(C)N(C(=O)c2cc(Br)cc(S(=O)(=O)Cl)c2)C1. The van der Waals surface area contributed by atoms with Gasteiger partial charge in [0.1, 0.15) is 0 Å². The zero-order valence-corrected chi connectivity index (χ0v) is 15.0. The van der Waals surface area contributed by atoms with Crippen LogP contribution in [0, 0.1) is 5.92 Å². The number of carbonyl (C=O) groups is 1. The zero-order valence-electron chi connectivity index (χ0n) is 11.8. The van der Waals surface area contributed by atoms with Gasteiger partial charge in [0.25, 0.3) is 15.0 Å². The van der Waals surface area contributed by atoms with Gasteiger partial charge in [-0.3, -0.25) is 4.79 Å². The lowest BCUT2D eigenvalue weighted by Gasteiger charge is -2.37. The Kier molecular flexibility index (Phi) is 5.00. The Morgan fingerprint density at radius 3 is 2.57 bits per heavy atom. The lowest BCUT2D eigenvalue weighted by Crippen LogP contribution is -2.44. The highest BCUT2D eigenvalue weighted by molar-refractivity contribution is 9.10. The first kappa shape index (κ1) is 16.8. The van der Waals surface area contributed by atoms with Gasteiger partial charge in [-0.05, 0) is 43.9 Å². The molecule has 0 radical (unpaired) electrons. The molecule has 7 heteroatoms. The molecule has 1 saturated heterocycles. The molecule has 2 unspecified atom stereocenters. The van der Waals surface area contributed by atoms with Gasteiger partial charge < -0.3 is 4.90 Å². The van der Waals surface area contributed by atoms with Crippen LogP contribution in [-0.4, -0.2) is 31.8 Å². The Balaban J connectivity index is 2.37. The minimum Gasteiger partial charge on any atom is -0.336 e. The Hall–Kier alpha value is -0.590. The number of nitrogens with zero attached hydrogens (tertiary/aromatic N) is 1. The van der Waals surface area contributed by atoms with E-state index in [9.17, 15) is 13.2 Å². The number of likely N-dealkylation sites (tertiary alicyclic amines) is 1. The Labute approximate surface area is 138 Å². The van der Waals surface area contributed by atoms with Crippen molar-refractivity contribution in [2.45, 2.75) is 37.6 Å².